The van der Waals surface area contributed by atoms with Crippen LogP contribution in [-0.4, -0.2) is 15.9 Å². The highest BCUT2D eigenvalue weighted by Gasteiger charge is 2.11. The standard InChI is InChI=1S/C13H10N2O2.C11H6BrNO/c1-8(16)15-11-6-2-4-9-10-5-3-7-14-13(10)17-12(9)11;12-9-5-1-3-7-8-4-2-6-13-11(8)14-10(7)9/h2-7H,1H3,(H,15,16);1-6H. The van der Waals surface area contributed by atoms with Crippen molar-refractivity contribution in [3.05, 3.63) is 77.5 Å². The van der Waals surface area contributed by atoms with Gasteiger partial charge in [-0.2, -0.15) is 0 Å². The van der Waals surface area contributed by atoms with Crippen molar-refractivity contribution in [2.75, 3.05) is 5.32 Å². The summed E-state index contributed by atoms with van der Waals surface area (Å²) >= 11 is 3.45. The molecule has 31 heavy (non-hydrogen) atoms. The van der Waals surface area contributed by atoms with Gasteiger partial charge in [0, 0.05) is 40.9 Å². The molecule has 6 rings (SSSR count). The molecule has 0 spiro atoms. The van der Waals surface area contributed by atoms with Crippen LogP contribution in [0.3, 0.4) is 0 Å². The van der Waals surface area contributed by atoms with E-state index in [0.717, 1.165) is 31.6 Å². The van der Waals surface area contributed by atoms with Gasteiger partial charge >= 0.3 is 0 Å². The molecule has 7 heteroatoms. The van der Waals surface area contributed by atoms with Gasteiger partial charge in [-0.1, -0.05) is 24.3 Å². The monoisotopic (exact) mass is 473 g/mol. The number of amides is 1. The highest BCUT2D eigenvalue weighted by Crippen LogP contribution is 2.33. The lowest BCUT2D eigenvalue weighted by atomic mass is 10.2. The number of rotatable bonds is 1. The fourth-order valence-corrected chi connectivity index (χ4v) is 3.97. The second kappa shape index (κ2) is 7.85. The van der Waals surface area contributed by atoms with Crippen molar-refractivity contribution in [3.8, 4) is 0 Å². The average Bonchev–Trinajstić information content (AvgIpc) is 3.34. The molecule has 2 aromatic carbocycles. The van der Waals surface area contributed by atoms with Gasteiger partial charge in [-0.15, -0.1) is 0 Å². The summed E-state index contributed by atoms with van der Waals surface area (Å²) in [6, 6.07) is 19.4. The summed E-state index contributed by atoms with van der Waals surface area (Å²) in [5.41, 5.74) is 3.47. The fraction of sp³-hybridized carbons (Fsp3) is 0.0417. The number of hydrogen-bond acceptors (Lipinski definition) is 5. The second-order valence-corrected chi connectivity index (χ2v) is 7.75. The Kier molecular flexibility index (Phi) is 4.88. The molecule has 0 fully saturated rings. The van der Waals surface area contributed by atoms with Crippen LogP contribution in [0.2, 0.25) is 0 Å². The zero-order chi connectivity index (χ0) is 21.4. The van der Waals surface area contributed by atoms with Crippen molar-refractivity contribution >= 4 is 71.7 Å². The summed E-state index contributed by atoms with van der Waals surface area (Å²) < 4.78 is 12.2. The first kappa shape index (κ1) is 19.3. The lowest BCUT2D eigenvalue weighted by molar-refractivity contribution is -0.114. The molecule has 0 bridgehead atoms. The number of furan rings is 2. The third-order valence-electron chi connectivity index (χ3n) is 4.81. The van der Waals surface area contributed by atoms with Gasteiger partial charge in [0.15, 0.2) is 11.2 Å². The number of para-hydroxylation sites is 2. The number of nitrogens with zero attached hydrogens (tertiary/aromatic N) is 2. The van der Waals surface area contributed by atoms with E-state index < -0.39 is 0 Å². The van der Waals surface area contributed by atoms with Crippen LogP contribution in [-0.2, 0) is 4.79 Å². The Bertz CT molecular complexity index is 1570. The van der Waals surface area contributed by atoms with E-state index in [4.69, 9.17) is 8.83 Å². The third kappa shape index (κ3) is 3.53. The van der Waals surface area contributed by atoms with Crippen LogP contribution in [0.25, 0.3) is 44.1 Å². The Morgan fingerprint density at radius 1 is 0.774 bits per heavy atom. The maximum absolute atomic E-state index is 11.1. The van der Waals surface area contributed by atoms with E-state index in [1.54, 1.807) is 12.4 Å². The molecular weight excluding hydrogens is 458 g/mol. The number of fused-ring (bicyclic) bond motifs is 6. The zero-order valence-corrected chi connectivity index (χ0v) is 18.0. The van der Waals surface area contributed by atoms with E-state index in [0.29, 0.717) is 22.7 Å². The van der Waals surface area contributed by atoms with Crippen molar-refractivity contribution in [1.82, 2.24) is 9.97 Å². The van der Waals surface area contributed by atoms with Gasteiger partial charge in [0.05, 0.1) is 10.2 Å². The number of pyridine rings is 2. The molecule has 0 radical (unpaired) electrons. The van der Waals surface area contributed by atoms with Crippen LogP contribution >= 0.6 is 15.9 Å². The fourth-order valence-electron chi connectivity index (χ4n) is 3.52. The minimum Gasteiger partial charge on any atom is -0.437 e. The van der Waals surface area contributed by atoms with E-state index >= 15 is 0 Å². The lowest BCUT2D eigenvalue weighted by Crippen LogP contribution is -2.05. The number of benzene rings is 2. The zero-order valence-electron chi connectivity index (χ0n) is 16.4. The largest absolute Gasteiger partial charge is 0.437 e. The number of anilines is 1. The van der Waals surface area contributed by atoms with E-state index in [-0.39, 0.29) is 5.91 Å². The molecule has 152 valence electrons. The van der Waals surface area contributed by atoms with Crippen LogP contribution in [0.15, 0.2) is 86.4 Å². The molecule has 0 aliphatic heterocycles. The van der Waals surface area contributed by atoms with Crippen LogP contribution < -0.4 is 5.32 Å². The van der Waals surface area contributed by atoms with Crippen LogP contribution in [0.5, 0.6) is 0 Å². The number of carbonyl (C=O) groups is 1. The molecule has 1 amide bonds. The SMILES string of the molecule is Brc1cccc2c1oc1ncccc12.CC(=O)Nc1cccc2c1oc1ncccc12. The quantitative estimate of drug-likeness (QED) is 0.287. The van der Waals surface area contributed by atoms with Crippen LogP contribution in [0, 0.1) is 0 Å². The van der Waals surface area contributed by atoms with Crippen molar-refractivity contribution < 1.29 is 13.6 Å². The highest BCUT2D eigenvalue weighted by molar-refractivity contribution is 9.10. The van der Waals surface area contributed by atoms with E-state index in [9.17, 15) is 4.79 Å². The average molecular weight is 474 g/mol. The molecule has 6 aromatic rings. The Morgan fingerprint density at radius 2 is 1.32 bits per heavy atom. The Labute approximate surface area is 185 Å². The summed E-state index contributed by atoms with van der Waals surface area (Å²) in [7, 11) is 0. The van der Waals surface area contributed by atoms with Crippen LogP contribution in [0.4, 0.5) is 5.69 Å². The summed E-state index contributed by atoms with van der Waals surface area (Å²) in [5.74, 6) is -0.120. The number of hydrogen-bond donors (Lipinski definition) is 1. The van der Waals surface area contributed by atoms with Gasteiger partial charge in [0.25, 0.3) is 0 Å². The van der Waals surface area contributed by atoms with Gasteiger partial charge in [0.2, 0.25) is 17.3 Å². The highest BCUT2D eigenvalue weighted by atomic mass is 79.9. The minimum atomic E-state index is -0.120. The molecule has 1 N–H and O–H groups in total. The topological polar surface area (TPSA) is 81.2 Å². The molecule has 0 unspecified atom stereocenters. The number of halogens is 1. The van der Waals surface area contributed by atoms with Gasteiger partial charge < -0.3 is 14.2 Å². The second-order valence-electron chi connectivity index (χ2n) is 6.90. The third-order valence-corrected chi connectivity index (χ3v) is 5.44. The molecule has 0 aliphatic carbocycles. The first-order valence-corrected chi connectivity index (χ1v) is 10.4. The Morgan fingerprint density at radius 3 is 1.97 bits per heavy atom. The normalized spacial score (nSPS) is 11.0. The molecule has 0 saturated heterocycles. The molecule has 0 saturated carbocycles. The summed E-state index contributed by atoms with van der Waals surface area (Å²) in [6.45, 7) is 1.47. The number of nitrogens with one attached hydrogen (secondary N) is 1. The predicted octanol–water partition coefficient (Wildman–Crippen LogP) is 6.68. The predicted molar refractivity (Wildman–Crippen MR) is 125 cm³/mol. The van der Waals surface area contributed by atoms with Gasteiger partial charge in [0.1, 0.15) is 0 Å². The Balaban J connectivity index is 0.000000134. The molecule has 0 aliphatic rings. The number of aromatic nitrogens is 2. The van der Waals surface area contributed by atoms with Gasteiger partial charge in [-0.25, -0.2) is 9.97 Å². The summed E-state index contributed by atoms with van der Waals surface area (Å²) in [4.78, 5) is 19.4. The number of carbonyl (C=O) groups excluding carboxylic acids is 1. The van der Waals surface area contributed by atoms with Crippen LogP contribution in [0.1, 0.15) is 6.92 Å². The molecule has 4 aromatic heterocycles. The van der Waals surface area contributed by atoms with Crippen molar-refractivity contribution in [2.45, 2.75) is 6.92 Å². The Hall–Kier alpha value is -3.71. The molecule has 6 nitrogen and oxygen atoms in total. The van der Waals surface area contributed by atoms with E-state index in [2.05, 4.69) is 31.2 Å². The lowest BCUT2D eigenvalue weighted by Gasteiger charge is -2.01. The molecular formula is C24H16BrN3O3. The first-order chi connectivity index (χ1) is 15.1. The maximum atomic E-state index is 11.1. The maximum Gasteiger partial charge on any atom is 0.227 e. The molecule has 0 atom stereocenters. The van der Waals surface area contributed by atoms with E-state index in [1.165, 1.54) is 6.92 Å². The van der Waals surface area contributed by atoms with E-state index in [1.807, 2.05) is 60.7 Å². The van der Waals surface area contributed by atoms with Crippen molar-refractivity contribution in [3.63, 3.8) is 0 Å². The van der Waals surface area contributed by atoms with Gasteiger partial charge in [-0.05, 0) is 52.3 Å². The summed E-state index contributed by atoms with van der Waals surface area (Å²) in [6.07, 6.45) is 3.42. The van der Waals surface area contributed by atoms with Crippen molar-refractivity contribution in [1.29, 1.82) is 0 Å². The van der Waals surface area contributed by atoms with Gasteiger partial charge in [-0.3, -0.25) is 4.79 Å². The molecule has 4 heterocycles. The smallest absolute Gasteiger partial charge is 0.227 e. The van der Waals surface area contributed by atoms with Crippen molar-refractivity contribution in [2.24, 2.45) is 0 Å². The first-order valence-electron chi connectivity index (χ1n) is 9.57. The minimum absolute atomic E-state index is 0.120. The summed E-state index contributed by atoms with van der Waals surface area (Å²) in [5, 5.41) is 6.82.